The normalized spacial score (nSPS) is 17.0. The van der Waals surface area contributed by atoms with E-state index < -0.39 is 6.10 Å². The fraction of sp³-hybridized carbons (Fsp3) is 0.500. The summed E-state index contributed by atoms with van der Waals surface area (Å²) in [5.74, 6) is 0.00328. The number of amides is 2. The molecule has 1 aliphatic carbocycles. The van der Waals surface area contributed by atoms with Crippen LogP contribution in [0.15, 0.2) is 36.5 Å². The van der Waals surface area contributed by atoms with E-state index in [2.05, 4.69) is 20.5 Å². The third kappa shape index (κ3) is 7.62. The van der Waals surface area contributed by atoms with Crippen molar-refractivity contribution in [2.75, 3.05) is 33.3 Å². The lowest BCUT2D eigenvalue weighted by Gasteiger charge is -2.59. The van der Waals surface area contributed by atoms with Crippen LogP contribution in [0.3, 0.4) is 0 Å². The number of pyridine rings is 1. The summed E-state index contributed by atoms with van der Waals surface area (Å²) in [6.45, 7) is 5.48. The highest BCUT2D eigenvalue weighted by Crippen LogP contribution is 2.51. The Balaban J connectivity index is 1.18. The van der Waals surface area contributed by atoms with Crippen molar-refractivity contribution in [2.45, 2.75) is 45.3 Å². The molecule has 2 amide bonds. The Bertz CT molecular complexity index is 1200. The average molecular weight is 578 g/mol. The third-order valence-corrected chi connectivity index (χ3v) is 7.80. The van der Waals surface area contributed by atoms with Crippen LogP contribution >= 0.6 is 23.2 Å². The number of esters is 1. The van der Waals surface area contributed by atoms with Crippen LogP contribution in [0.4, 0.5) is 0 Å². The van der Waals surface area contributed by atoms with Gasteiger partial charge in [0.2, 0.25) is 5.88 Å². The zero-order chi connectivity index (χ0) is 28.0. The highest BCUT2D eigenvalue weighted by molar-refractivity contribution is 6.35. The van der Waals surface area contributed by atoms with Crippen LogP contribution in [-0.4, -0.2) is 67.1 Å². The summed E-state index contributed by atoms with van der Waals surface area (Å²) in [6.07, 6.45) is 3.66. The number of carbonyl (C=O) groups is 3. The monoisotopic (exact) mass is 576 g/mol. The Kier molecular flexibility index (Phi) is 9.69. The Morgan fingerprint density at radius 3 is 2.64 bits per heavy atom. The number of hydrogen-bond acceptors (Lipinski definition) is 7. The van der Waals surface area contributed by atoms with Gasteiger partial charge in [0.05, 0.1) is 18.6 Å². The minimum atomic E-state index is -0.774. The van der Waals surface area contributed by atoms with Gasteiger partial charge in [-0.25, -0.2) is 4.98 Å². The number of methoxy groups -OCH3 is 1. The number of benzene rings is 1. The van der Waals surface area contributed by atoms with E-state index in [0.717, 1.165) is 38.0 Å². The number of ether oxygens (including phenoxy) is 2. The van der Waals surface area contributed by atoms with Gasteiger partial charge < -0.3 is 25.0 Å². The van der Waals surface area contributed by atoms with Gasteiger partial charge in [-0.2, -0.15) is 0 Å². The Morgan fingerprint density at radius 2 is 1.95 bits per heavy atom. The van der Waals surface area contributed by atoms with Gasteiger partial charge in [0, 0.05) is 44.5 Å². The number of nitrogens with zero attached hydrogens (tertiary/aromatic N) is 2. The SMILES string of the molecule is CCC(Oc1ncc(Cl)cc1Cl)C(=O)NCc1cccc(C(=O)NCC2CC3(C2)CN(CCC(=O)OC)C3)c1. The van der Waals surface area contributed by atoms with Gasteiger partial charge in [-0.15, -0.1) is 0 Å². The van der Waals surface area contributed by atoms with Crippen molar-refractivity contribution >= 4 is 41.0 Å². The standard InChI is InChI=1S/C28H34Cl2N4O5/c1-3-23(39-27-22(30)10-21(29)15-33-27)26(37)32-13-18-5-4-6-20(9-18)25(36)31-14-19-11-28(12-19)16-34(17-28)8-7-24(35)38-2/h4-6,9-10,15,19,23H,3,7-8,11-14,16-17H2,1-2H3,(H,31,36)(H,32,37). The predicted molar refractivity (Wildman–Crippen MR) is 148 cm³/mol. The van der Waals surface area contributed by atoms with Crippen LogP contribution in [0.1, 0.15) is 48.5 Å². The maximum absolute atomic E-state index is 12.8. The molecule has 2 N–H and O–H groups in total. The van der Waals surface area contributed by atoms with Crippen LogP contribution in [0, 0.1) is 11.3 Å². The fourth-order valence-electron chi connectivity index (χ4n) is 5.39. The maximum Gasteiger partial charge on any atom is 0.306 e. The molecule has 2 aliphatic rings. The molecule has 1 atom stereocenters. The van der Waals surface area contributed by atoms with Crippen molar-refractivity contribution in [2.24, 2.45) is 11.3 Å². The minimum Gasteiger partial charge on any atom is -0.469 e. The molecular weight excluding hydrogens is 543 g/mol. The molecule has 1 unspecified atom stereocenters. The van der Waals surface area contributed by atoms with Crippen molar-refractivity contribution in [1.29, 1.82) is 0 Å². The molecule has 39 heavy (non-hydrogen) atoms. The zero-order valence-corrected chi connectivity index (χ0v) is 23.7. The van der Waals surface area contributed by atoms with Crippen LogP contribution in [-0.2, 0) is 20.9 Å². The number of halogens is 2. The molecule has 1 saturated heterocycles. The zero-order valence-electron chi connectivity index (χ0n) is 22.2. The van der Waals surface area contributed by atoms with E-state index in [0.29, 0.717) is 41.3 Å². The summed E-state index contributed by atoms with van der Waals surface area (Å²) in [5.41, 5.74) is 1.70. The van der Waals surface area contributed by atoms with Gasteiger partial charge >= 0.3 is 5.97 Å². The van der Waals surface area contributed by atoms with E-state index in [-0.39, 0.29) is 35.2 Å². The number of likely N-dealkylation sites (tertiary alicyclic amines) is 1. The number of nitrogens with one attached hydrogen (secondary N) is 2. The topological polar surface area (TPSA) is 110 Å². The van der Waals surface area contributed by atoms with Crippen LogP contribution in [0.5, 0.6) is 5.88 Å². The molecule has 2 heterocycles. The first-order valence-electron chi connectivity index (χ1n) is 13.1. The fourth-order valence-corrected chi connectivity index (χ4v) is 5.81. The highest BCUT2D eigenvalue weighted by Gasteiger charge is 2.51. The third-order valence-electron chi connectivity index (χ3n) is 7.32. The molecule has 2 aromatic rings. The average Bonchev–Trinajstić information content (AvgIpc) is 2.88. The first-order chi connectivity index (χ1) is 18.7. The van der Waals surface area contributed by atoms with Crippen molar-refractivity contribution in [3.63, 3.8) is 0 Å². The van der Waals surface area contributed by atoms with E-state index in [1.807, 2.05) is 13.0 Å². The smallest absolute Gasteiger partial charge is 0.306 e. The second kappa shape index (κ2) is 13.0. The molecule has 1 saturated carbocycles. The molecule has 4 rings (SSSR count). The van der Waals surface area contributed by atoms with E-state index in [1.165, 1.54) is 19.4 Å². The Hall–Kier alpha value is -2.88. The van der Waals surface area contributed by atoms with E-state index >= 15 is 0 Å². The summed E-state index contributed by atoms with van der Waals surface area (Å²) < 4.78 is 10.4. The van der Waals surface area contributed by atoms with Gasteiger partial charge in [-0.3, -0.25) is 14.4 Å². The maximum atomic E-state index is 12.8. The predicted octanol–water partition coefficient (Wildman–Crippen LogP) is 3.87. The van der Waals surface area contributed by atoms with Crippen LogP contribution in [0.25, 0.3) is 0 Å². The minimum absolute atomic E-state index is 0.129. The molecule has 11 heteroatoms. The molecule has 0 radical (unpaired) electrons. The lowest BCUT2D eigenvalue weighted by Crippen LogP contribution is -2.63. The van der Waals surface area contributed by atoms with Gasteiger partial charge in [0.25, 0.3) is 11.8 Å². The van der Waals surface area contributed by atoms with Crippen molar-refractivity contribution in [3.8, 4) is 5.88 Å². The molecule has 0 bridgehead atoms. The van der Waals surface area contributed by atoms with E-state index in [9.17, 15) is 14.4 Å². The largest absolute Gasteiger partial charge is 0.469 e. The second-order valence-corrected chi connectivity index (χ2v) is 11.2. The van der Waals surface area contributed by atoms with Crippen LogP contribution < -0.4 is 15.4 Å². The molecule has 1 aromatic carbocycles. The summed E-state index contributed by atoms with van der Waals surface area (Å²) in [4.78, 5) is 43.1. The molecule has 1 aromatic heterocycles. The number of carbonyl (C=O) groups excluding carboxylic acids is 3. The quantitative estimate of drug-likeness (QED) is 0.369. The Labute approximate surface area is 238 Å². The summed E-state index contributed by atoms with van der Waals surface area (Å²) in [7, 11) is 1.41. The van der Waals surface area contributed by atoms with E-state index in [4.69, 9.17) is 32.7 Å². The highest BCUT2D eigenvalue weighted by atomic mass is 35.5. The van der Waals surface area contributed by atoms with Crippen molar-refractivity contribution < 1.29 is 23.9 Å². The summed E-state index contributed by atoms with van der Waals surface area (Å²) >= 11 is 12.0. The lowest BCUT2D eigenvalue weighted by molar-refractivity contribution is -0.143. The molecular formula is C28H34Cl2N4O5. The van der Waals surface area contributed by atoms with Gasteiger partial charge in [0.1, 0.15) is 5.02 Å². The lowest BCUT2D eigenvalue weighted by atomic mass is 9.57. The second-order valence-electron chi connectivity index (χ2n) is 10.4. The molecule has 1 spiro atoms. The number of hydrogen-bond donors (Lipinski definition) is 2. The first-order valence-corrected chi connectivity index (χ1v) is 13.9. The number of rotatable bonds is 12. The van der Waals surface area contributed by atoms with Crippen LogP contribution in [0.2, 0.25) is 10.0 Å². The first kappa shape index (κ1) is 29.1. The number of aromatic nitrogens is 1. The molecule has 2 fully saturated rings. The van der Waals surface area contributed by atoms with E-state index in [1.54, 1.807) is 18.2 Å². The summed E-state index contributed by atoms with van der Waals surface area (Å²) in [6, 6.07) is 8.71. The molecule has 9 nitrogen and oxygen atoms in total. The van der Waals surface area contributed by atoms with Gasteiger partial charge in [-0.1, -0.05) is 42.3 Å². The molecule has 210 valence electrons. The molecule has 1 aliphatic heterocycles. The van der Waals surface area contributed by atoms with Gasteiger partial charge in [0.15, 0.2) is 6.10 Å². The van der Waals surface area contributed by atoms with Gasteiger partial charge in [-0.05, 0) is 54.4 Å². The van der Waals surface area contributed by atoms with Crippen molar-refractivity contribution in [3.05, 3.63) is 57.7 Å². The van der Waals surface area contributed by atoms with Crippen molar-refractivity contribution in [1.82, 2.24) is 20.5 Å². The Morgan fingerprint density at radius 1 is 1.18 bits per heavy atom. The summed E-state index contributed by atoms with van der Waals surface area (Å²) in [5, 5.41) is 6.52.